The van der Waals surface area contributed by atoms with Crippen LogP contribution in [0.5, 0.6) is 0 Å². The van der Waals surface area contributed by atoms with Crippen molar-refractivity contribution >= 4 is 5.69 Å². The Kier molecular flexibility index (Phi) is 2.92. The predicted molar refractivity (Wildman–Crippen MR) is 60.6 cm³/mol. The zero-order chi connectivity index (χ0) is 11.7. The summed E-state index contributed by atoms with van der Waals surface area (Å²) in [7, 11) is 0. The van der Waals surface area contributed by atoms with Crippen molar-refractivity contribution in [1.82, 2.24) is 0 Å². The fourth-order valence-electron chi connectivity index (χ4n) is 1.87. The summed E-state index contributed by atoms with van der Waals surface area (Å²) >= 11 is 0. The Morgan fingerprint density at radius 2 is 2.25 bits per heavy atom. The van der Waals surface area contributed by atoms with Crippen molar-refractivity contribution in [2.45, 2.75) is 31.6 Å². The second kappa shape index (κ2) is 4.22. The molecule has 0 aliphatic heterocycles. The molecule has 0 amide bonds. The average Bonchev–Trinajstić information content (AvgIpc) is 3.10. The van der Waals surface area contributed by atoms with Crippen molar-refractivity contribution in [1.29, 1.82) is 0 Å². The van der Waals surface area contributed by atoms with Gasteiger partial charge in [0.05, 0.1) is 4.92 Å². The third-order valence-corrected chi connectivity index (χ3v) is 3.11. The fraction of sp³-hybridized carbons (Fsp3) is 0.500. The van der Waals surface area contributed by atoms with Gasteiger partial charge in [0.2, 0.25) is 0 Å². The van der Waals surface area contributed by atoms with Crippen molar-refractivity contribution in [2.75, 3.05) is 6.61 Å². The molecular weight excluding hydrogens is 206 g/mol. The maximum Gasteiger partial charge on any atom is 0.272 e. The first-order valence-electron chi connectivity index (χ1n) is 5.52. The Labute approximate surface area is 94.1 Å². The van der Waals surface area contributed by atoms with Gasteiger partial charge in [-0.15, -0.1) is 0 Å². The standard InChI is InChI=1S/C12H15NO3/c1-8(7-14)10-4-5-12(13(15)16)11(6-10)9-2-3-9/h4-6,8-9,14H,2-3,7H2,1H3. The van der Waals surface area contributed by atoms with Crippen LogP contribution < -0.4 is 0 Å². The SMILES string of the molecule is CC(CO)c1ccc([N+](=O)[O-])c(C2CC2)c1. The van der Waals surface area contributed by atoms with Crippen LogP contribution in [0.4, 0.5) is 5.69 Å². The first-order valence-corrected chi connectivity index (χ1v) is 5.52. The molecule has 86 valence electrons. The van der Waals surface area contributed by atoms with E-state index >= 15 is 0 Å². The molecule has 1 atom stereocenters. The molecule has 1 unspecified atom stereocenters. The van der Waals surface area contributed by atoms with Gasteiger partial charge in [-0.05, 0) is 30.4 Å². The van der Waals surface area contributed by atoms with Crippen LogP contribution in [0.2, 0.25) is 0 Å². The zero-order valence-electron chi connectivity index (χ0n) is 9.22. The number of nitro benzene ring substituents is 1. The fourth-order valence-corrected chi connectivity index (χ4v) is 1.87. The predicted octanol–water partition coefficient (Wildman–Crippen LogP) is 2.57. The van der Waals surface area contributed by atoms with Gasteiger partial charge in [0.25, 0.3) is 5.69 Å². The van der Waals surface area contributed by atoms with Crippen LogP contribution >= 0.6 is 0 Å². The topological polar surface area (TPSA) is 63.4 Å². The Morgan fingerprint density at radius 3 is 2.75 bits per heavy atom. The molecule has 1 N–H and O–H groups in total. The van der Waals surface area contributed by atoms with Gasteiger partial charge in [0.15, 0.2) is 0 Å². The number of benzene rings is 1. The number of rotatable bonds is 4. The van der Waals surface area contributed by atoms with Crippen LogP contribution in [-0.4, -0.2) is 16.6 Å². The van der Waals surface area contributed by atoms with Crippen LogP contribution in [-0.2, 0) is 0 Å². The number of hydrogen-bond donors (Lipinski definition) is 1. The van der Waals surface area contributed by atoms with E-state index in [4.69, 9.17) is 5.11 Å². The van der Waals surface area contributed by atoms with Crippen molar-refractivity contribution in [2.24, 2.45) is 0 Å². The molecule has 0 spiro atoms. The lowest BCUT2D eigenvalue weighted by molar-refractivity contribution is -0.385. The van der Waals surface area contributed by atoms with Crippen molar-refractivity contribution in [3.63, 3.8) is 0 Å². The van der Waals surface area contributed by atoms with E-state index in [0.717, 1.165) is 24.0 Å². The summed E-state index contributed by atoms with van der Waals surface area (Å²) < 4.78 is 0. The lowest BCUT2D eigenvalue weighted by Crippen LogP contribution is -2.01. The molecule has 2 rings (SSSR count). The van der Waals surface area contributed by atoms with E-state index in [1.165, 1.54) is 0 Å². The molecule has 1 aliphatic rings. The maximum atomic E-state index is 10.9. The summed E-state index contributed by atoms with van der Waals surface area (Å²) in [4.78, 5) is 10.5. The molecule has 0 radical (unpaired) electrons. The molecule has 1 aliphatic carbocycles. The van der Waals surface area contributed by atoms with Crippen LogP contribution in [0.25, 0.3) is 0 Å². The first kappa shape index (κ1) is 11.1. The quantitative estimate of drug-likeness (QED) is 0.627. The third-order valence-electron chi connectivity index (χ3n) is 3.11. The molecule has 4 nitrogen and oxygen atoms in total. The summed E-state index contributed by atoms with van der Waals surface area (Å²) in [6, 6.07) is 5.19. The highest BCUT2D eigenvalue weighted by Crippen LogP contribution is 2.44. The van der Waals surface area contributed by atoms with E-state index in [1.54, 1.807) is 12.1 Å². The Balaban J connectivity index is 2.39. The van der Waals surface area contributed by atoms with Gasteiger partial charge >= 0.3 is 0 Å². The molecule has 0 heterocycles. The molecule has 1 aromatic rings. The first-order chi connectivity index (χ1) is 7.63. The van der Waals surface area contributed by atoms with Crippen molar-refractivity contribution < 1.29 is 10.0 Å². The molecule has 1 saturated carbocycles. The lowest BCUT2D eigenvalue weighted by Gasteiger charge is -2.10. The molecule has 4 heteroatoms. The lowest BCUT2D eigenvalue weighted by atomic mass is 9.97. The molecule has 0 aromatic heterocycles. The number of aliphatic hydroxyl groups excluding tert-OH is 1. The van der Waals surface area contributed by atoms with Gasteiger partial charge in [-0.3, -0.25) is 10.1 Å². The Hall–Kier alpha value is -1.42. The van der Waals surface area contributed by atoms with Crippen LogP contribution in [0.3, 0.4) is 0 Å². The van der Waals surface area contributed by atoms with Crippen LogP contribution in [0.15, 0.2) is 18.2 Å². The monoisotopic (exact) mass is 221 g/mol. The minimum atomic E-state index is -0.318. The van der Waals surface area contributed by atoms with Crippen LogP contribution in [0, 0.1) is 10.1 Å². The molecule has 16 heavy (non-hydrogen) atoms. The molecule has 1 fully saturated rings. The smallest absolute Gasteiger partial charge is 0.272 e. The van der Waals surface area contributed by atoms with Gasteiger partial charge in [0.1, 0.15) is 0 Å². The Morgan fingerprint density at radius 1 is 1.56 bits per heavy atom. The number of nitrogens with zero attached hydrogens (tertiary/aromatic N) is 1. The van der Waals surface area contributed by atoms with E-state index in [1.807, 2.05) is 13.0 Å². The Bertz CT molecular complexity index is 413. The van der Waals surface area contributed by atoms with E-state index in [9.17, 15) is 10.1 Å². The molecule has 1 aromatic carbocycles. The summed E-state index contributed by atoms with van der Waals surface area (Å²) in [6.07, 6.45) is 2.08. The average molecular weight is 221 g/mol. The summed E-state index contributed by atoms with van der Waals surface area (Å²) in [5, 5.41) is 19.9. The molecule has 0 saturated heterocycles. The highest BCUT2D eigenvalue weighted by atomic mass is 16.6. The second-order valence-electron chi connectivity index (χ2n) is 4.43. The highest BCUT2D eigenvalue weighted by Gasteiger charge is 2.30. The zero-order valence-corrected chi connectivity index (χ0v) is 9.22. The highest BCUT2D eigenvalue weighted by molar-refractivity contribution is 5.47. The number of aliphatic hydroxyl groups is 1. The van der Waals surface area contributed by atoms with Gasteiger partial charge < -0.3 is 5.11 Å². The minimum Gasteiger partial charge on any atom is -0.396 e. The van der Waals surface area contributed by atoms with Gasteiger partial charge in [-0.25, -0.2) is 0 Å². The number of nitro groups is 1. The number of hydrogen-bond acceptors (Lipinski definition) is 3. The van der Waals surface area contributed by atoms with E-state index in [-0.39, 0.29) is 23.1 Å². The minimum absolute atomic E-state index is 0.0401. The maximum absolute atomic E-state index is 10.9. The third kappa shape index (κ3) is 2.07. The van der Waals surface area contributed by atoms with Gasteiger partial charge in [-0.2, -0.15) is 0 Å². The van der Waals surface area contributed by atoms with Gasteiger partial charge in [0, 0.05) is 24.2 Å². The van der Waals surface area contributed by atoms with Crippen LogP contribution in [0.1, 0.15) is 42.7 Å². The largest absolute Gasteiger partial charge is 0.396 e. The molecular formula is C12H15NO3. The summed E-state index contributed by atoms with van der Waals surface area (Å²) in [5.74, 6) is 0.393. The van der Waals surface area contributed by atoms with E-state index in [0.29, 0.717) is 5.92 Å². The van der Waals surface area contributed by atoms with E-state index < -0.39 is 0 Å². The van der Waals surface area contributed by atoms with Crippen molar-refractivity contribution in [3.05, 3.63) is 39.4 Å². The van der Waals surface area contributed by atoms with E-state index in [2.05, 4.69) is 0 Å². The molecule has 0 bridgehead atoms. The normalized spacial score (nSPS) is 17.1. The summed E-state index contributed by atoms with van der Waals surface area (Å²) in [6.45, 7) is 1.99. The van der Waals surface area contributed by atoms with Crippen molar-refractivity contribution in [3.8, 4) is 0 Å². The summed E-state index contributed by atoms with van der Waals surface area (Å²) in [5.41, 5.74) is 2.04. The van der Waals surface area contributed by atoms with Gasteiger partial charge in [-0.1, -0.05) is 13.0 Å². The second-order valence-corrected chi connectivity index (χ2v) is 4.43.